The minimum absolute atomic E-state index is 0.0977. The van der Waals surface area contributed by atoms with Crippen molar-refractivity contribution < 1.29 is 14.3 Å². The number of methoxy groups -OCH3 is 1. The first-order chi connectivity index (χ1) is 16.0. The van der Waals surface area contributed by atoms with E-state index in [1.54, 1.807) is 16.3 Å². The van der Waals surface area contributed by atoms with Gasteiger partial charge in [-0.2, -0.15) is 14.3 Å². The van der Waals surface area contributed by atoms with Crippen LogP contribution in [0.15, 0.2) is 30.3 Å². The fraction of sp³-hybridized carbons (Fsp3) is 0.348. The van der Waals surface area contributed by atoms with Gasteiger partial charge in [-0.05, 0) is 38.5 Å². The molecule has 1 aliphatic rings. The lowest BCUT2D eigenvalue weighted by molar-refractivity contribution is -0.116. The van der Waals surface area contributed by atoms with E-state index in [0.717, 1.165) is 23.2 Å². The zero-order valence-electron chi connectivity index (χ0n) is 19.0. The molecule has 0 saturated heterocycles. The summed E-state index contributed by atoms with van der Waals surface area (Å²) in [5.74, 6) is 2.82. The molecule has 1 amide bonds. The topological polar surface area (TPSA) is 108 Å². The van der Waals surface area contributed by atoms with Crippen molar-refractivity contribution in [3.8, 4) is 17.3 Å². The molecule has 4 aromatic rings. The smallest absolute Gasteiger partial charge is 0.226 e. The van der Waals surface area contributed by atoms with Gasteiger partial charge in [0.2, 0.25) is 5.91 Å². The molecule has 0 spiro atoms. The Bertz CT molecular complexity index is 1360. The zero-order chi connectivity index (χ0) is 23.1. The molecule has 1 aliphatic heterocycles. The van der Waals surface area contributed by atoms with Gasteiger partial charge in [0.25, 0.3) is 0 Å². The van der Waals surface area contributed by atoms with E-state index in [2.05, 4.69) is 27.5 Å². The molecule has 4 heterocycles. The molecule has 0 aliphatic carbocycles. The van der Waals surface area contributed by atoms with Crippen LogP contribution in [0.4, 0.5) is 5.82 Å². The molecule has 10 nitrogen and oxygen atoms in total. The predicted octanol–water partition coefficient (Wildman–Crippen LogP) is 3.20. The maximum absolute atomic E-state index is 12.8. The number of nitrogens with zero attached hydrogens (tertiary/aromatic N) is 6. The fourth-order valence-electron chi connectivity index (χ4n) is 4.30. The van der Waals surface area contributed by atoms with Crippen LogP contribution in [0.2, 0.25) is 0 Å². The Hall–Kier alpha value is -3.95. The Labute approximate surface area is 190 Å². The van der Waals surface area contributed by atoms with Crippen molar-refractivity contribution in [2.75, 3.05) is 19.0 Å². The van der Waals surface area contributed by atoms with Crippen LogP contribution in [-0.4, -0.2) is 49.2 Å². The summed E-state index contributed by atoms with van der Waals surface area (Å²) < 4.78 is 15.0. The number of carbonyl (C=O) groups excluding carboxylic acids is 1. The molecule has 3 aromatic heterocycles. The van der Waals surface area contributed by atoms with E-state index in [1.165, 1.54) is 0 Å². The van der Waals surface area contributed by atoms with Gasteiger partial charge in [0.05, 0.1) is 19.4 Å². The highest BCUT2D eigenvalue weighted by atomic mass is 16.5. The number of hydrogen-bond acceptors (Lipinski definition) is 7. The molecule has 1 aromatic carbocycles. The molecule has 0 bridgehead atoms. The summed E-state index contributed by atoms with van der Waals surface area (Å²) in [4.78, 5) is 12.8. The molecule has 10 heteroatoms. The third kappa shape index (κ3) is 3.47. The van der Waals surface area contributed by atoms with E-state index in [4.69, 9.17) is 14.6 Å². The van der Waals surface area contributed by atoms with E-state index in [0.29, 0.717) is 41.2 Å². The molecule has 5 rings (SSSR count). The molecule has 33 heavy (non-hydrogen) atoms. The third-order valence-corrected chi connectivity index (χ3v) is 5.78. The zero-order valence-corrected chi connectivity index (χ0v) is 19.0. The van der Waals surface area contributed by atoms with Gasteiger partial charge in [0, 0.05) is 23.5 Å². The largest absolute Gasteiger partial charge is 0.493 e. The van der Waals surface area contributed by atoms with Gasteiger partial charge >= 0.3 is 0 Å². The van der Waals surface area contributed by atoms with Crippen LogP contribution in [0, 0.1) is 13.8 Å². The number of hydrogen-bond donors (Lipinski definition) is 1. The van der Waals surface area contributed by atoms with Crippen LogP contribution in [0.5, 0.6) is 11.5 Å². The normalized spacial score (nSPS) is 15.4. The number of para-hydroxylation sites is 1. The van der Waals surface area contributed by atoms with Gasteiger partial charge in [-0.15, -0.1) is 15.3 Å². The standard InChI is InChI=1S/C23H25N7O3/c1-5-11-33-22-15(7-6-8-17(22)32-4)16-12-20(31)24-23-21(16)13(2)27-30(23)19-10-9-18-26-25-14(3)29(18)28-19/h6-10,16H,5,11-12H2,1-4H3,(H,24,31)/t16-/m0/s1. The van der Waals surface area contributed by atoms with Crippen molar-refractivity contribution in [2.24, 2.45) is 0 Å². The Balaban J connectivity index is 1.66. The van der Waals surface area contributed by atoms with Crippen LogP contribution >= 0.6 is 0 Å². The summed E-state index contributed by atoms with van der Waals surface area (Å²) in [6.45, 7) is 6.38. The summed E-state index contributed by atoms with van der Waals surface area (Å²) in [5.41, 5.74) is 3.29. The lowest BCUT2D eigenvalue weighted by atomic mass is 9.85. The van der Waals surface area contributed by atoms with Crippen molar-refractivity contribution in [2.45, 2.75) is 39.5 Å². The van der Waals surface area contributed by atoms with E-state index in [1.807, 2.05) is 44.2 Å². The first-order valence-corrected chi connectivity index (χ1v) is 10.9. The second-order valence-electron chi connectivity index (χ2n) is 8.00. The highest BCUT2D eigenvalue weighted by molar-refractivity contribution is 5.95. The van der Waals surface area contributed by atoms with Gasteiger partial charge in [-0.3, -0.25) is 4.79 Å². The maximum Gasteiger partial charge on any atom is 0.226 e. The summed E-state index contributed by atoms with van der Waals surface area (Å²) in [6.07, 6.45) is 1.15. The van der Waals surface area contributed by atoms with Crippen molar-refractivity contribution in [3.05, 3.63) is 53.0 Å². The summed E-state index contributed by atoms with van der Waals surface area (Å²) in [5, 5.41) is 20.5. The number of fused-ring (bicyclic) bond motifs is 2. The number of aryl methyl sites for hydroxylation is 2. The van der Waals surface area contributed by atoms with E-state index >= 15 is 0 Å². The minimum atomic E-state index is -0.232. The number of ether oxygens (including phenoxy) is 2. The quantitative estimate of drug-likeness (QED) is 0.483. The van der Waals surface area contributed by atoms with E-state index in [9.17, 15) is 4.79 Å². The van der Waals surface area contributed by atoms with Gasteiger partial charge in [0.15, 0.2) is 28.8 Å². The summed E-state index contributed by atoms with van der Waals surface area (Å²) in [7, 11) is 1.62. The van der Waals surface area contributed by atoms with Crippen molar-refractivity contribution in [1.29, 1.82) is 0 Å². The number of rotatable bonds is 6. The molecule has 170 valence electrons. The van der Waals surface area contributed by atoms with Gasteiger partial charge in [-0.25, -0.2) is 0 Å². The fourth-order valence-corrected chi connectivity index (χ4v) is 4.30. The van der Waals surface area contributed by atoms with Crippen LogP contribution in [0.25, 0.3) is 11.5 Å². The highest BCUT2D eigenvalue weighted by Crippen LogP contribution is 2.45. The Morgan fingerprint density at radius 1 is 1.15 bits per heavy atom. The summed E-state index contributed by atoms with van der Waals surface area (Å²) in [6, 6.07) is 9.42. The van der Waals surface area contributed by atoms with E-state index in [-0.39, 0.29) is 18.2 Å². The second kappa shape index (κ2) is 8.19. The van der Waals surface area contributed by atoms with Crippen molar-refractivity contribution >= 4 is 17.4 Å². The lowest BCUT2D eigenvalue weighted by Crippen LogP contribution is -2.25. The second-order valence-corrected chi connectivity index (χ2v) is 8.00. The third-order valence-electron chi connectivity index (χ3n) is 5.78. The lowest BCUT2D eigenvalue weighted by Gasteiger charge is -2.26. The molecule has 0 unspecified atom stereocenters. The molecular weight excluding hydrogens is 422 g/mol. The van der Waals surface area contributed by atoms with Crippen molar-refractivity contribution in [1.82, 2.24) is 29.6 Å². The Morgan fingerprint density at radius 3 is 2.79 bits per heavy atom. The Kier molecular flexibility index (Phi) is 5.20. The molecule has 1 atom stereocenters. The number of aromatic nitrogens is 6. The molecule has 0 fully saturated rings. The van der Waals surface area contributed by atoms with Crippen LogP contribution in [0.1, 0.15) is 48.3 Å². The number of carbonyl (C=O) groups is 1. The molecule has 0 radical (unpaired) electrons. The van der Waals surface area contributed by atoms with Crippen molar-refractivity contribution in [3.63, 3.8) is 0 Å². The van der Waals surface area contributed by atoms with Crippen LogP contribution in [0.3, 0.4) is 0 Å². The van der Waals surface area contributed by atoms with Gasteiger partial charge in [-0.1, -0.05) is 19.1 Å². The molecular formula is C23H25N7O3. The van der Waals surface area contributed by atoms with E-state index < -0.39 is 0 Å². The summed E-state index contributed by atoms with van der Waals surface area (Å²) >= 11 is 0. The monoisotopic (exact) mass is 447 g/mol. The number of benzene rings is 1. The molecule has 0 saturated carbocycles. The Morgan fingerprint density at radius 2 is 2.00 bits per heavy atom. The van der Waals surface area contributed by atoms with Crippen LogP contribution < -0.4 is 14.8 Å². The first-order valence-electron chi connectivity index (χ1n) is 10.9. The van der Waals surface area contributed by atoms with Crippen LogP contribution in [-0.2, 0) is 4.79 Å². The molecule has 1 N–H and O–H groups in total. The number of amides is 1. The van der Waals surface area contributed by atoms with Gasteiger partial charge < -0.3 is 14.8 Å². The maximum atomic E-state index is 12.8. The van der Waals surface area contributed by atoms with Gasteiger partial charge in [0.1, 0.15) is 5.82 Å². The first kappa shape index (κ1) is 20.9. The average molecular weight is 447 g/mol. The highest BCUT2D eigenvalue weighted by Gasteiger charge is 2.35. The number of nitrogens with one attached hydrogen (secondary N) is 1. The SMILES string of the molecule is CCCOc1c(OC)cccc1[C@@H]1CC(=O)Nc2c1c(C)nn2-c1ccc2nnc(C)n2n1. The average Bonchev–Trinajstić information content (AvgIpc) is 3.36. The predicted molar refractivity (Wildman–Crippen MR) is 121 cm³/mol. The number of anilines is 1. The minimum Gasteiger partial charge on any atom is -0.493 e.